The Balaban J connectivity index is 2.20. The molecule has 16 heavy (non-hydrogen) atoms. The molecule has 3 heteroatoms. The number of rotatable bonds is 3. The average molecular weight is 221 g/mol. The predicted octanol–water partition coefficient (Wildman–Crippen LogP) is 2.13. The third-order valence-corrected chi connectivity index (χ3v) is 2.56. The van der Waals surface area contributed by atoms with Gasteiger partial charge in [-0.3, -0.25) is 0 Å². The number of hydrogen-bond donors (Lipinski definition) is 1. The molecule has 0 fully saturated rings. The Kier molecular flexibility index (Phi) is 2.80. The Labute approximate surface area is 96.5 Å². The van der Waals surface area contributed by atoms with E-state index in [1.807, 2.05) is 19.1 Å². The largest absolute Gasteiger partial charge is 0.488 e. The molecule has 3 nitrogen and oxygen atoms in total. The fourth-order valence-electron chi connectivity index (χ4n) is 1.92. The minimum absolute atomic E-state index is 0.0327. The minimum atomic E-state index is -0.129. The van der Waals surface area contributed by atoms with Crippen molar-refractivity contribution in [3.8, 4) is 11.5 Å². The summed E-state index contributed by atoms with van der Waals surface area (Å²) in [5, 5.41) is 0. The van der Waals surface area contributed by atoms with E-state index in [2.05, 4.69) is 19.9 Å². The van der Waals surface area contributed by atoms with E-state index in [0.29, 0.717) is 6.61 Å². The molecule has 0 bridgehead atoms. The summed E-state index contributed by atoms with van der Waals surface area (Å²) < 4.78 is 11.5. The molecule has 1 unspecified atom stereocenters. The van der Waals surface area contributed by atoms with Crippen molar-refractivity contribution in [1.29, 1.82) is 0 Å². The number of nitrogens with two attached hydrogens (primary N) is 1. The number of hydrogen-bond acceptors (Lipinski definition) is 3. The van der Waals surface area contributed by atoms with Crippen molar-refractivity contribution in [1.82, 2.24) is 0 Å². The van der Waals surface area contributed by atoms with Gasteiger partial charge in [0, 0.05) is 18.0 Å². The van der Waals surface area contributed by atoms with Gasteiger partial charge < -0.3 is 15.2 Å². The number of para-hydroxylation sites is 1. The number of ether oxygens (including phenoxy) is 2. The molecule has 1 heterocycles. The summed E-state index contributed by atoms with van der Waals surface area (Å²) in [6.07, 6.45) is 0.928. The molecule has 1 aromatic carbocycles. The van der Waals surface area contributed by atoms with Crippen LogP contribution in [0.25, 0.3) is 0 Å². The Morgan fingerprint density at radius 3 is 2.94 bits per heavy atom. The summed E-state index contributed by atoms with van der Waals surface area (Å²) in [5.74, 6) is 1.69. The monoisotopic (exact) mass is 221 g/mol. The molecular formula is C13H19NO2. The van der Waals surface area contributed by atoms with Gasteiger partial charge in [-0.2, -0.15) is 0 Å². The van der Waals surface area contributed by atoms with Crippen LogP contribution < -0.4 is 15.2 Å². The van der Waals surface area contributed by atoms with Crippen LogP contribution in [0.5, 0.6) is 11.5 Å². The van der Waals surface area contributed by atoms with E-state index >= 15 is 0 Å². The van der Waals surface area contributed by atoms with Gasteiger partial charge in [0.2, 0.25) is 0 Å². The highest BCUT2D eigenvalue weighted by Crippen LogP contribution is 2.41. The first-order valence-corrected chi connectivity index (χ1v) is 5.67. The first kappa shape index (κ1) is 11.3. The van der Waals surface area contributed by atoms with Crippen molar-refractivity contribution in [2.45, 2.75) is 38.8 Å². The zero-order valence-electron chi connectivity index (χ0n) is 10.1. The molecule has 2 N–H and O–H groups in total. The first-order chi connectivity index (χ1) is 7.48. The maximum atomic E-state index is 5.89. The van der Waals surface area contributed by atoms with Crippen LogP contribution in [0.3, 0.4) is 0 Å². The van der Waals surface area contributed by atoms with Gasteiger partial charge in [0.25, 0.3) is 0 Å². The van der Waals surface area contributed by atoms with E-state index in [9.17, 15) is 0 Å². The Morgan fingerprint density at radius 1 is 1.50 bits per heavy atom. The SMILES string of the molecule is CC(N)COc1cccc2c1OC(C)(C)C2. The molecule has 0 radical (unpaired) electrons. The highest BCUT2D eigenvalue weighted by Gasteiger charge is 2.32. The summed E-state index contributed by atoms with van der Waals surface area (Å²) in [4.78, 5) is 0. The summed E-state index contributed by atoms with van der Waals surface area (Å²) in [6.45, 7) is 6.61. The van der Waals surface area contributed by atoms with E-state index < -0.39 is 0 Å². The van der Waals surface area contributed by atoms with E-state index in [1.54, 1.807) is 0 Å². The lowest BCUT2D eigenvalue weighted by Gasteiger charge is -2.18. The fraction of sp³-hybridized carbons (Fsp3) is 0.538. The van der Waals surface area contributed by atoms with Crippen molar-refractivity contribution in [2.24, 2.45) is 5.73 Å². The molecule has 0 saturated carbocycles. The van der Waals surface area contributed by atoms with Gasteiger partial charge in [-0.05, 0) is 26.8 Å². The van der Waals surface area contributed by atoms with E-state index in [-0.39, 0.29) is 11.6 Å². The lowest BCUT2D eigenvalue weighted by atomic mass is 10.0. The van der Waals surface area contributed by atoms with Crippen molar-refractivity contribution in [2.75, 3.05) is 6.61 Å². The quantitative estimate of drug-likeness (QED) is 0.850. The summed E-state index contributed by atoms with van der Waals surface area (Å²) in [6, 6.07) is 6.05. The lowest BCUT2D eigenvalue weighted by Crippen LogP contribution is -2.25. The second-order valence-electron chi connectivity index (χ2n) is 5.07. The van der Waals surface area contributed by atoms with Crippen LogP contribution in [0.1, 0.15) is 26.3 Å². The van der Waals surface area contributed by atoms with Crippen LogP contribution in [0, 0.1) is 0 Å². The van der Waals surface area contributed by atoms with Crippen molar-refractivity contribution in [3.05, 3.63) is 23.8 Å². The standard InChI is InChI=1S/C13H19NO2/c1-9(14)8-15-11-6-4-5-10-7-13(2,3)16-12(10)11/h4-6,9H,7-8,14H2,1-3H3. The first-order valence-electron chi connectivity index (χ1n) is 5.67. The predicted molar refractivity (Wildman–Crippen MR) is 64.0 cm³/mol. The van der Waals surface area contributed by atoms with Gasteiger partial charge in [0.05, 0.1) is 0 Å². The van der Waals surface area contributed by atoms with Gasteiger partial charge in [-0.15, -0.1) is 0 Å². The third-order valence-electron chi connectivity index (χ3n) is 2.56. The van der Waals surface area contributed by atoms with Gasteiger partial charge in [-0.1, -0.05) is 12.1 Å². The maximum Gasteiger partial charge on any atom is 0.165 e. The van der Waals surface area contributed by atoms with Crippen LogP contribution >= 0.6 is 0 Å². The second-order valence-corrected chi connectivity index (χ2v) is 5.07. The van der Waals surface area contributed by atoms with Gasteiger partial charge in [0.1, 0.15) is 12.2 Å². The molecule has 88 valence electrons. The van der Waals surface area contributed by atoms with E-state index in [4.69, 9.17) is 15.2 Å². The van der Waals surface area contributed by atoms with Crippen molar-refractivity contribution in [3.63, 3.8) is 0 Å². The van der Waals surface area contributed by atoms with Crippen LogP contribution in [0.2, 0.25) is 0 Å². The van der Waals surface area contributed by atoms with E-state index in [0.717, 1.165) is 17.9 Å². The molecule has 1 aliphatic heterocycles. The Hall–Kier alpha value is -1.22. The highest BCUT2D eigenvalue weighted by atomic mass is 16.5. The molecule has 1 atom stereocenters. The Morgan fingerprint density at radius 2 is 2.25 bits per heavy atom. The molecule has 0 saturated heterocycles. The smallest absolute Gasteiger partial charge is 0.165 e. The molecule has 0 aromatic heterocycles. The van der Waals surface area contributed by atoms with Gasteiger partial charge in [-0.25, -0.2) is 0 Å². The number of fused-ring (bicyclic) bond motifs is 1. The molecule has 0 spiro atoms. The van der Waals surface area contributed by atoms with Gasteiger partial charge >= 0.3 is 0 Å². The van der Waals surface area contributed by atoms with Crippen molar-refractivity contribution >= 4 is 0 Å². The van der Waals surface area contributed by atoms with Crippen LogP contribution in [0.4, 0.5) is 0 Å². The lowest BCUT2D eigenvalue weighted by molar-refractivity contribution is 0.131. The minimum Gasteiger partial charge on any atom is -0.488 e. The molecule has 2 rings (SSSR count). The molecular weight excluding hydrogens is 202 g/mol. The zero-order valence-corrected chi connectivity index (χ0v) is 10.1. The van der Waals surface area contributed by atoms with Crippen molar-refractivity contribution < 1.29 is 9.47 Å². The van der Waals surface area contributed by atoms with E-state index in [1.165, 1.54) is 5.56 Å². The topological polar surface area (TPSA) is 44.5 Å². The zero-order chi connectivity index (χ0) is 11.8. The average Bonchev–Trinajstić information content (AvgIpc) is 2.48. The summed E-state index contributed by atoms with van der Waals surface area (Å²) >= 11 is 0. The van der Waals surface area contributed by atoms with Crippen LogP contribution in [-0.2, 0) is 6.42 Å². The molecule has 0 aliphatic carbocycles. The molecule has 1 aliphatic rings. The summed E-state index contributed by atoms with van der Waals surface area (Å²) in [5.41, 5.74) is 6.76. The summed E-state index contributed by atoms with van der Waals surface area (Å²) in [7, 11) is 0. The maximum absolute atomic E-state index is 5.89. The fourth-order valence-corrected chi connectivity index (χ4v) is 1.92. The Bertz CT molecular complexity index is 386. The molecule has 0 amide bonds. The second kappa shape index (κ2) is 3.98. The van der Waals surface area contributed by atoms with Gasteiger partial charge in [0.15, 0.2) is 11.5 Å². The van der Waals surface area contributed by atoms with Crippen LogP contribution in [-0.4, -0.2) is 18.2 Å². The highest BCUT2D eigenvalue weighted by molar-refractivity contribution is 5.50. The number of benzene rings is 1. The molecule has 1 aromatic rings. The normalized spacial score (nSPS) is 18.8. The third kappa shape index (κ3) is 2.30. The van der Waals surface area contributed by atoms with Crippen LogP contribution in [0.15, 0.2) is 18.2 Å².